The van der Waals surface area contributed by atoms with Gasteiger partial charge in [0.05, 0.1) is 23.2 Å². The summed E-state index contributed by atoms with van der Waals surface area (Å²) in [7, 11) is 0. The van der Waals surface area contributed by atoms with Crippen molar-refractivity contribution in [1.82, 2.24) is 15.3 Å². The fourth-order valence-corrected chi connectivity index (χ4v) is 3.10. The van der Waals surface area contributed by atoms with Gasteiger partial charge in [-0.25, -0.2) is 20.0 Å². The van der Waals surface area contributed by atoms with E-state index in [1.165, 1.54) is 0 Å². The van der Waals surface area contributed by atoms with Crippen LogP contribution in [0.4, 0.5) is 9.59 Å². The highest BCUT2D eigenvalue weighted by Crippen LogP contribution is 2.25. The van der Waals surface area contributed by atoms with Gasteiger partial charge in [0.2, 0.25) is 0 Å². The van der Waals surface area contributed by atoms with E-state index in [1.807, 2.05) is 0 Å². The van der Waals surface area contributed by atoms with E-state index in [4.69, 9.17) is 9.47 Å². The number of carbonyl (C=O) groups is 4. The molecule has 9 nitrogen and oxygen atoms in total. The van der Waals surface area contributed by atoms with Crippen molar-refractivity contribution >= 4 is 24.0 Å². The van der Waals surface area contributed by atoms with E-state index in [2.05, 4.69) is 5.43 Å². The van der Waals surface area contributed by atoms with E-state index in [0.29, 0.717) is 11.1 Å². The molecule has 0 spiro atoms. The fraction of sp³-hybridized carbons (Fsp3) is 0.500. The lowest BCUT2D eigenvalue weighted by Gasteiger charge is -2.31. The van der Waals surface area contributed by atoms with Crippen LogP contribution in [0.25, 0.3) is 0 Å². The van der Waals surface area contributed by atoms with E-state index in [0.717, 1.165) is 9.91 Å². The number of hydrogen-bond acceptors (Lipinski definition) is 6. The van der Waals surface area contributed by atoms with E-state index in [9.17, 15) is 19.2 Å². The molecule has 0 aliphatic carbocycles. The van der Waals surface area contributed by atoms with Crippen LogP contribution in [-0.4, -0.2) is 57.2 Å². The first-order valence-corrected chi connectivity index (χ1v) is 10.8. The third kappa shape index (κ3) is 6.81. The Bertz CT molecular complexity index is 923. The summed E-state index contributed by atoms with van der Waals surface area (Å²) < 4.78 is 10.6. The molecule has 1 heterocycles. The summed E-state index contributed by atoms with van der Waals surface area (Å²) in [6.45, 7) is 13.6. The van der Waals surface area contributed by atoms with Crippen LogP contribution in [0.1, 0.15) is 76.1 Å². The quantitative estimate of drug-likeness (QED) is 0.409. The molecule has 1 aromatic rings. The van der Waals surface area contributed by atoms with Gasteiger partial charge in [-0.15, -0.1) is 0 Å². The van der Waals surface area contributed by atoms with Crippen molar-refractivity contribution in [2.24, 2.45) is 0 Å². The highest BCUT2D eigenvalue weighted by molar-refractivity contribution is 6.21. The molecule has 0 saturated carbocycles. The topological polar surface area (TPSA) is 105 Å². The Hall–Kier alpha value is -3.36. The van der Waals surface area contributed by atoms with Crippen molar-refractivity contribution in [3.05, 3.63) is 47.5 Å². The number of benzene rings is 1. The highest BCUT2D eigenvalue weighted by atomic mass is 16.6. The number of imide groups is 1. The molecule has 180 valence electrons. The van der Waals surface area contributed by atoms with Crippen molar-refractivity contribution in [2.45, 2.75) is 78.7 Å². The Kier molecular flexibility index (Phi) is 7.57. The molecule has 0 aromatic heterocycles. The summed E-state index contributed by atoms with van der Waals surface area (Å²) in [5, 5.41) is 1.00. The average molecular weight is 460 g/mol. The third-order valence-electron chi connectivity index (χ3n) is 4.51. The smallest absolute Gasteiger partial charge is 0.429 e. The molecular formula is C24H33N3O6. The zero-order valence-electron chi connectivity index (χ0n) is 20.5. The van der Waals surface area contributed by atoms with Crippen LogP contribution < -0.4 is 5.43 Å². The summed E-state index contributed by atoms with van der Waals surface area (Å²) in [5.41, 5.74) is 1.59. The first-order valence-electron chi connectivity index (χ1n) is 10.8. The Morgan fingerprint density at radius 2 is 1.39 bits per heavy atom. The number of hydrogen-bond donors (Lipinski definition) is 1. The summed E-state index contributed by atoms with van der Waals surface area (Å²) in [6.07, 6.45) is 1.64. The predicted molar refractivity (Wildman–Crippen MR) is 122 cm³/mol. The molecule has 0 radical (unpaired) electrons. The number of carbonyl (C=O) groups excluding carboxylic acids is 4. The monoisotopic (exact) mass is 459 g/mol. The number of hydrazine groups is 1. The molecule has 4 amide bonds. The maximum atomic E-state index is 12.7. The van der Waals surface area contributed by atoms with Crippen LogP contribution in [0.2, 0.25) is 0 Å². The summed E-state index contributed by atoms with van der Waals surface area (Å²) in [4.78, 5) is 51.6. The summed E-state index contributed by atoms with van der Waals surface area (Å²) in [5.74, 6) is -0.757. The Balaban J connectivity index is 2.19. The molecule has 0 fully saturated rings. The lowest BCUT2D eigenvalue weighted by atomic mass is 10.1. The number of nitrogens with one attached hydrogen (secondary N) is 1. The average Bonchev–Trinajstić information content (AvgIpc) is 2.92. The van der Waals surface area contributed by atoms with E-state index in [-0.39, 0.29) is 11.8 Å². The SMILES string of the molecule is C[C@H](/C=C\[C@H](C)N1C(=O)c2ccccc2C1=O)N(NC(=O)OC(C)(C)C)C(=O)OC(C)(C)C. The molecule has 1 aromatic carbocycles. The largest absolute Gasteiger partial charge is 0.443 e. The van der Waals surface area contributed by atoms with E-state index in [1.54, 1.807) is 91.8 Å². The molecule has 1 aliphatic rings. The number of amides is 4. The maximum Gasteiger partial charge on any atom is 0.429 e. The zero-order chi connectivity index (χ0) is 25.1. The fourth-order valence-electron chi connectivity index (χ4n) is 3.10. The van der Waals surface area contributed by atoms with Crippen LogP contribution in [0, 0.1) is 0 Å². The lowest BCUT2D eigenvalue weighted by molar-refractivity contribution is -0.00343. The highest BCUT2D eigenvalue weighted by Gasteiger charge is 2.37. The molecule has 0 bridgehead atoms. The maximum absolute atomic E-state index is 12.7. The molecule has 1 aliphatic heterocycles. The Morgan fingerprint density at radius 1 is 0.909 bits per heavy atom. The number of ether oxygens (including phenoxy) is 2. The van der Waals surface area contributed by atoms with E-state index < -0.39 is 35.5 Å². The minimum absolute atomic E-state index is 0.359. The number of nitrogens with zero attached hydrogens (tertiary/aromatic N) is 2. The van der Waals surface area contributed by atoms with Crippen LogP contribution in [0.3, 0.4) is 0 Å². The molecule has 9 heteroatoms. The normalized spacial score (nSPS) is 15.8. The van der Waals surface area contributed by atoms with Crippen molar-refractivity contribution in [2.75, 3.05) is 0 Å². The van der Waals surface area contributed by atoms with Gasteiger partial charge in [-0.1, -0.05) is 24.3 Å². The van der Waals surface area contributed by atoms with Crippen LogP contribution in [-0.2, 0) is 9.47 Å². The summed E-state index contributed by atoms with van der Waals surface area (Å²) >= 11 is 0. The van der Waals surface area contributed by atoms with Crippen molar-refractivity contribution in [1.29, 1.82) is 0 Å². The minimum atomic E-state index is -0.818. The van der Waals surface area contributed by atoms with Crippen molar-refractivity contribution in [3.63, 3.8) is 0 Å². The van der Waals surface area contributed by atoms with Gasteiger partial charge < -0.3 is 9.47 Å². The van der Waals surface area contributed by atoms with E-state index >= 15 is 0 Å². The zero-order valence-corrected chi connectivity index (χ0v) is 20.5. The second-order valence-corrected chi connectivity index (χ2v) is 9.86. The van der Waals surface area contributed by atoms with Crippen molar-refractivity contribution in [3.8, 4) is 0 Å². The Labute approximate surface area is 194 Å². The molecule has 1 N–H and O–H groups in total. The first kappa shape index (κ1) is 25.9. The molecular weight excluding hydrogens is 426 g/mol. The van der Waals surface area contributed by atoms with Gasteiger partial charge in [-0.3, -0.25) is 14.5 Å². The van der Waals surface area contributed by atoms with Gasteiger partial charge in [-0.05, 0) is 67.5 Å². The number of rotatable bonds is 4. The standard InChI is InChI=1S/C24H33N3O6/c1-15(26-19(28)17-11-9-10-12-18(17)20(26)29)13-14-16(2)27(22(31)33-24(6,7)8)25-21(30)32-23(3,4)5/h9-16H,1-8H3,(H,25,30)/b14-13-/t15-,16+/m0/s1. The lowest BCUT2D eigenvalue weighted by Crippen LogP contribution is -2.53. The van der Waals surface area contributed by atoms with Gasteiger partial charge >= 0.3 is 12.2 Å². The van der Waals surface area contributed by atoms with Crippen LogP contribution in [0.5, 0.6) is 0 Å². The molecule has 0 saturated heterocycles. The van der Waals surface area contributed by atoms with Gasteiger partial charge in [0.25, 0.3) is 11.8 Å². The second kappa shape index (κ2) is 9.64. The van der Waals surface area contributed by atoms with Gasteiger partial charge in [0.1, 0.15) is 11.2 Å². The Morgan fingerprint density at radius 3 is 1.85 bits per heavy atom. The summed E-state index contributed by atoms with van der Waals surface area (Å²) in [6, 6.07) is 5.38. The van der Waals surface area contributed by atoms with Gasteiger partial charge in [0, 0.05) is 0 Å². The number of fused-ring (bicyclic) bond motifs is 1. The van der Waals surface area contributed by atoms with Crippen LogP contribution in [0.15, 0.2) is 36.4 Å². The second-order valence-electron chi connectivity index (χ2n) is 9.86. The predicted octanol–water partition coefficient (Wildman–Crippen LogP) is 4.29. The molecule has 2 atom stereocenters. The molecule has 33 heavy (non-hydrogen) atoms. The molecule has 2 rings (SSSR count). The van der Waals surface area contributed by atoms with Crippen molar-refractivity contribution < 1.29 is 28.7 Å². The third-order valence-corrected chi connectivity index (χ3v) is 4.51. The molecule has 0 unspecified atom stereocenters. The van der Waals surface area contributed by atoms with Gasteiger partial charge in [-0.2, -0.15) is 0 Å². The van der Waals surface area contributed by atoms with Crippen LogP contribution >= 0.6 is 0 Å². The van der Waals surface area contributed by atoms with Gasteiger partial charge in [0.15, 0.2) is 0 Å². The minimum Gasteiger partial charge on any atom is -0.443 e. The first-order chi connectivity index (χ1) is 15.1.